The first kappa shape index (κ1) is 41.6. The molecule has 0 amide bonds. The zero-order chi connectivity index (χ0) is 45.1. The summed E-state index contributed by atoms with van der Waals surface area (Å²) in [6.07, 6.45) is -25.9. The first-order valence-electron chi connectivity index (χ1n) is 17.5. The first-order chi connectivity index (χ1) is 28.8. The van der Waals surface area contributed by atoms with E-state index in [2.05, 4.69) is 0 Å². The summed E-state index contributed by atoms with van der Waals surface area (Å²) in [4.78, 5) is 0. The Morgan fingerprint density at radius 1 is 0.339 bits per heavy atom. The molecule has 0 aliphatic heterocycles. The van der Waals surface area contributed by atoms with Gasteiger partial charge in [0.1, 0.15) is 5.56 Å². The molecule has 314 valence electrons. The molecule has 0 bridgehead atoms. The van der Waals surface area contributed by atoms with Gasteiger partial charge in [-0.15, -0.1) is 0 Å². The summed E-state index contributed by atoms with van der Waals surface area (Å²) < 4.78 is 218. The summed E-state index contributed by atoms with van der Waals surface area (Å²) in [5.74, 6) is 0. The third-order valence-electron chi connectivity index (χ3n) is 10.2. The number of benzene rings is 6. The van der Waals surface area contributed by atoms with Gasteiger partial charge in [-0.1, -0.05) is 0 Å². The van der Waals surface area contributed by atoms with Gasteiger partial charge in [-0.3, -0.25) is 0 Å². The number of nitrogens with zero attached hydrogens (tertiary/aromatic N) is 4. The highest BCUT2D eigenvalue weighted by Crippen LogP contribution is 2.48. The van der Waals surface area contributed by atoms with Crippen LogP contribution in [0.4, 0.5) is 65.9 Å². The third-order valence-corrected chi connectivity index (χ3v) is 10.2. The van der Waals surface area contributed by atoms with Crippen molar-refractivity contribution in [1.82, 2.24) is 9.13 Å². The van der Waals surface area contributed by atoms with Gasteiger partial charge in [0.05, 0.1) is 79.0 Å². The van der Waals surface area contributed by atoms with E-state index in [9.17, 15) is 63.2 Å². The molecular weight excluding hydrogens is 857 g/mol. The lowest BCUT2D eigenvalue weighted by Gasteiger charge is -2.23. The summed E-state index contributed by atoms with van der Waals surface area (Å²) in [7, 11) is 0. The molecule has 62 heavy (non-hydrogen) atoms. The van der Waals surface area contributed by atoms with Gasteiger partial charge >= 0.3 is 30.9 Å². The van der Waals surface area contributed by atoms with E-state index in [1.165, 1.54) is 0 Å². The van der Waals surface area contributed by atoms with Gasteiger partial charge in [-0.05, 0) is 114 Å². The fourth-order valence-corrected chi connectivity index (χ4v) is 7.62. The van der Waals surface area contributed by atoms with Crippen LogP contribution in [0.2, 0.25) is 0 Å². The number of alkyl halides is 15. The van der Waals surface area contributed by atoms with Crippen LogP contribution in [0.25, 0.3) is 66.1 Å². The van der Waals surface area contributed by atoms with Crippen LogP contribution in [0.15, 0.2) is 103 Å². The number of rotatable bonds is 3. The first-order valence-corrected chi connectivity index (χ1v) is 17.5. The van der Waals surface area contributed by atoms with E-state index in [0.29, 0.717) is 48.5 Å². The molecule has 0 N–H and O–H groups in total. The van der Waals surface area contributed by atoms with Crippen molar-refractivity contribution in [1.29, 1.82) is 10.5 Å². The van der Waals surface area contributed by atoms with E-state index in [1.54, 1.807) is 12.1 Å². The topological polar surface area (TPSA) is 57.4 Å². The van der Waals surface area contributed by atoms with Crippen LogP contribution in [0.5, 0.6) is 0 Å². The predicted molar refractivity (Wildman–Crippen MR) is 195 cm³/mol. The molecule has 0 spiro atoms. The van der Waals surface area contributed by atoms with Crippen LogP contribution in [-0.2, 0) is 30.9 Å². The monoisotopic (exact) mass is 874 g/mol. The Hall–Kier alpha value is -7.15. The second-order valence-corrected chi connectivity index (χ2v) is 14.0. The molecule has 0 saturated carbocycles. The largest absolute Gasteiger partial charge is 0.420 e. The molecule has 8 rings (SSSR count). The number of hydrogen-bond acceptors (Lipinski definition) is 2. The number of nitriles is 2. The van der Waals surface area contributed by atoms with Gasteiger partial charge in [0.2, 0.25) is 0 Å². The minimum absolute atomic E-state index is 0.129. The molecule has 19 heteroatoms. The van der Waals surface area contributed by atoms with E-state index in [4.69, 9.17) is 0 Å². The lowest BCUT2D eigenvalue weighted by molar-refractivity contribution is -0.138. The molecule has 0 aliphatic carbocycles. The summed E-state index contributed by atoms with van der Waals surface area (Å²) in [6, 6.07) is 15.4. The van der Waals surface area contributed by atoms with Crippen LogP contribution in [0.1, 0.15) is 38.9 Å². The summed E-state index contributed by atoms with van der Waals surface area (Å²) in [5, 5.41) is 17.2. The number of hydrogen-bond donors (Lipinski definition) is 0. The SMILES string of the molecule is N#Cc1cc(C#N)cc(-c2cc(-n3c4ccc(C(F)(F)F)cc4c4cc(C(F)(F)F)ccc43)c(C(F)(F)F)c(-n3c4ccc(C(F)(F)F)cc4c4cc(C(F)(F)F)ccc43)c2)c1. The molecule has 0 saturated heterocycles. The fraction of sp³-hybridized carbons (Fsp3) is 0.116. The van der Waals surface area contributed by atoms with E-state index in [1.807, 2.05) is 0 Å². The average molecular weight is 875 g/mol. The zero-order valence-electron chi connectivity index (χ0n) is 30.3. The smallest absolute Gasteiger partial charge is 0.309 e. The molecule has 2 heterocycles. The second-order valence-electron chi connectivity index (χ2n) is 14.0. The Morgan fingerprint density at radius 3 is 0.855 bits per heavy atom. The number of fused-ring (bicyclic) bond motifs is 6. The predicted octanol–water partition coefficient (Wildman–Crippen LogP) is 14.4. The number of aromatic nitrogens is 2. The molecule has 6 aromatic carbocycles. The van der Waals surface area contributed by atoms with E-state index in [0.717, 1.165) is 63.7 Å². The van der Waals surface area contributed by atoms with Crippen molar-refractivity contribution < 1.29 is 65.9 Å². The molecule has 0 fully saturated rings. The summed E-state index contributed by atoms with van der Waals surface area (Å²) in [6.45, 7) is 0. The van der Waals surface area contributed by atoms with Crippen molar-refractivity contribution >= 4 is 43.6 Å². The Labute approximate surface area is 336 Å². The molecule has 0 atom stereocenters. The second kappa shape index (κ2) is 13.7. The van der Waals surface area contributed by atoms with Crippen LogP contribution >= 0.6 is 0 Å². The molecular formula is C43H17F15N4. The Morgan fingerprint density at radius 2 is 0.613 bits per heavy atom. The average Bonchev–Trinajstić information content (AvgIpc) is 3.69. The third kappa shape index (κ3) is 6.96. The number of halogens is 15. The van der Waals surface area contributed by atoms with Crippen molar-refractivity contribution in [3.05, 3.63) is 142 Å². The Kier molecular flexibility index (Phi) is 9.18. The quantitative estimate of drug-likeness (QED) is 0.166. The van der Waals surface area contributed by atoms with Gasteiger partial charge in [-0.2, -0.15) is 76.4 Å². The van der Waals surface area contributed by atoms with Gasteiger partial charge < -0.3 is 9.13 Å². The van der Waals surface area contributed by atoms with E-state index in [-0.39, 0.29) is 22.3 Å². The van der Waals surface area contributed by atoms with Gasteiger partial charge in [0, 0.05) is 21.5 Å². The van der Waals surface area contributed by atoms with Crippen LogP contribution < -0.4 is 0 Å². The molecule has 0 radical (unpaired) electrons. The lowest BCUT2D eigenvalue weighted by atomic mass is 9.96. The Bertz CT molecular complexity index is 2910. The molecule has 4 nitrogen and oxygen atoms in total. The van der Waals surface area contributed by atoms with Crippen molar-refractivity contribution in [2.75, 3.05) is 0 Å². The van der Waals surface area contributed by atoms with Gasteiger partial charge in [-0.25, -0.2) is 0 Å². The maximum absolute atomic E-state index is 16.0. The maximum atomic E-state index is 16.0. The minimum atomic E-state index is -5.56. The van der Waals surface area contributed by atoms with Crippen LogP contribution in [0.3, 0.4) is 0 Å². The molecule has 0 aliphatic rings. The Balaban J connectivity index is 1.61. The highest BCUT2D eigenvalue weighted by molar-refractivity contribution is 6.11. The van der Waals surface area contributed by atoms with Gasteiger partial charge in [0.25, 0.3) is 0 Å². The molecule has 2 aromatic heterocycles. The minimum Gasteiger partial charge on any atom is -0.309 e. The highest BCUT2D eigenvalue weighted by Gasteiger charge is 2.41. The zero-order valence-corrected chi connectivity index (χ0v) is 30.3. The normalized spacial score (nSPS) is 13.0. The van der Waals surface area contributed by atoms with Crippen molar-refractivity contribution in [2.24, 2.45) is 0 Å². The van der Waals surface area contributed by atoms with Crippen molar-refractivity contribution in [3.63, 3.8) is 0 Å². The maximum Gasteiger partial charge on any atom is 0.420 e. The van der Waals surface area contributed by atoms with E-state index >= 15 is 13.2 Å². The van der Waals surface area contributed by atoms with Crippen molar-refractivity contribution in [3.8, 4) is 34.6 Å². The lowest BCUT2D eigenvalue weighted by Crippen LogP contribution is -2.16. The highest BCUT2D eigenvalue weighted by atomic mass is 19.4. The van der Waals surface area contributed by atoms with E-state index < -0.39 is 114 Å². The molecule has 8 aromatic rings. The van der Waals surface area contributed by atoms with Crippen LogP contribution in [-0.4, -0.2) is 9.13 Å². The molecule has 0 unspecified atom stereocenters. The van der Waals surface area contributed by atoms with Gasteiger partial charge in [0.15, 0.2) is 0 Å². The van der Waals surface area contributed by atoms with Crippen LogP contribution in [0, 0.1) is 22.7 Å². The summed E-state index contributed by atoms with van der Waals surface area (Å²) >= 11 is 0. The standard InChI is InChI=1S/C43H17F15N4/c44-39(45,46)24-1-5-32-28(14-24)29-15-25(40(47,48)49)2-6-33(29)61(32)36-12-23(22-10-20(18-59)9-21(11-22)19-60)13-37(38(36)43(56,57)58)62-34-7-3-26(41(50,51)52)16-30(34)31-17-27(42(53,54)55)4-8-35(31)62/h1-17H. The van der Waals surface area contributed by atoms with Crippen molar-refractivity contribution in [2.45, 2.75) is 30.9 Å². The summed E-state index contributed by atoms with van der Waals surface area (Å²) in [5.41, 5.74) is -11.8. The fourth-order valence-electron chi connectivity index (χ4n) is 7.62.